The minimum absolute atomic E-state index is 0.0206. The summed E-state index contributed by atoms with van der Waals surface area (Å²) in [4.78, 5) is 34.4. The average molecular weight is 300 g/mol. The lowest BCUT2D eigenvalue weighted by Crippen LogP contribution is -2.52. The van der Waals surface area contributed by atoms with Crippen molar-refractivity contribution in [3.8, 4) is 0 Å². The van der Waals surface area contributed by atoms with E-state index < -0.39 is 30.6 Å². The lowest BCUT2D eigenvalue weighted by molar-refractivity contribution is -0.138. The first kappa shape index (κ1) is 17.3. The summed E-state index contributed by atoms with van der Waals surface area (Å²) in [6.45, 7) is 2.99. The molecule has 3 N–H and O–H groups in total. The van der Waals surface area contributed by atoms with E-state index in [0.29, 0.717) is 0 Å². The monoisotopic (exact) mass is 300 g/mol. The Hall–Kier alpha value is -1.79. The van der Waals surface area contributed by atoms with Crippen molar-refractivity contribution in [2.24, 2.45) is 5.92 Å². The van der Waals surface area contributed by atoms with E-state index in [9.17, 15) is 14.4 Å². The van der Waals surface area contributed by atoms with E-state index in [4.69, 9.17) is 9.84 Å². The van der Waals surface area contributed by atoms with Crippen molar-refractivity contribution in [3.05, 3.63) is 0 Å². The number of nitrogens with one attached hydrogen (secondary N) is 2. The van der Waals surface area contributed by atoms with Crippen molar-refractivity contribution < 1.29 is 24.2 Å². The molecule has 1 rings (SSSR count). The first-order valence-electron chi connectivity index (χ1n) is 7.36. The number of carboxylic acids is 1. The molecule has 2 amide bonds. The number of amides is 2. The highest BCUT2D eigenvalue weighted by molar-refractivity contribution is 5.88. The molecule has 0 heterocycles. The fourth-order valence-electron chi connectivity index (χ4n) is 2.51. The fourth-order valence-corrected chi connectivity index (χ4v) is 2.51. The van der Waals surface area contributed by atoms with Gasteiger partial charge >= 0.3 is 12.1 Å². The highest BCUT2D eigenvalue weighted by atomic mass is 16.6. The molecule has 7 heteroatoms. The van der Waals surface area contributed by atoms with E-state index >= 15 is 0 Å². The molecule has 120 valence electrons. The molecule has 0 saturated heterocycles. The van der Waals surface area contributed by atoms with Gasteiger partial charge in [0.1, 0.15) is 12.6 Å². The number of hydrogen-bond donors (Lipinski definition) is 3. The Morgan fingerprint density at radius 3 is 2.33 bits per heavy atom. The van der Waals surface area contributed by atoms with Gasteiger partial charge in [-0.1, -0.05) is 19.3 Å². The molecule has 21 heavy (non-hydrogen) atoms. The van der Waals surface area contributed by atoms with Crippen LogP contribution in [0.4, 0.5) is 4.79 Å². The Morgan fingerprint density at radius 2 is 1.81 bits per heavy atom. The Balaban J connectivity index is 2.66. The van der Waals surface area contributed by atoms with Crippen molar-refractivity contribution in [1.29, 1.82) is 0 Å². The van der Waals surface area contributed by atoms with Crippen LogP contribution in [0.3, 0.4) is 0 Å². The molecule has 0 spiro atoms. The van der Waals surface area contributed by atoms with E-state index in [1.54, 1.807) is 13.8 Å². The summed E-state index contributed by atoms with van der Waals surface area (Å²) >= 11 is 0. The summed E-state index contributed by atoms with van der Waals surface area (Å²) in [7, 11) is 0. The number of ether oxygens (including phenoxy) is 1. The van der Waals surface area contributed by atoms with Crippen molar-refractivity contribution in [3.63, 3.8) is 0 Å². The van der Waals surface area contributed by atoms with Crippen molar-refractivity contribution in [2.45, 2.75) is 58.1 Å². The second kappa shape index (κ2) is 8.49. The zero-order valence-corrected chi connectivity index (χ0v) is 12.6. The van der Waals surface area contributed by atoms with Crippen LogP contribution in [0.25, 0.3) is 0 Å². The standard InChI is InChI=1S/C14H24N2O5/c1-9(2)21-14(20)16-12(10-6-4-3-5-7-10)13(19)15-8-11(17)18/h9-10,12H,3-8H2,1-2H3,(H,15,19)(H,16,20)(H,17,18). The van der Waals surface area contributed by atoms with Crippen LogP contribution >= 0.6 is 0 Å². The zero-order chi connectivity index (χ0) is 15.8. The summed E-state index contributed by atoms with van der Waals surface area (Å²) in [5.74, 6) is -1.56. The smallest absolute Gasteiger partial charge is 0.408 e. The summed E-state index contributed by atoms with van der Waals surface area (Å²) < 4.78 is 5.00. The number of rotatable bonds is 6. The minimum atomic E-state index is -1.12. The molecule has 0 radical (unpaired) electrons. The number of carbonyl (C=O) groups excluding carboxylic acids is 2. The van der Waals surface area contributed by atoms with Crippen molar-refractivity contribution >= 4 is 18.0 Å². The van der Waals surface area contributed by atoms with Crippen molar-refractivity contribution in [2.75, 3.05) is 6.54 Å². The van der Waals surface area contributed by atoms with E-state index in [1.165, 1.54) is 0 Å². The highest BCUT2D eigenvalue weighted by Gasteiger charge is 2.31. The molecule has 7 nitrogen and oxygen atoms in total. The van der Waals surface area contributed by atoms with Gasteiger partial charge in [0.25, 0.3) is 0 Å². The molecule has 1 fully saturated rings. The molecule has 1 aliphatic carbocycles. The molecule has 1 unspecified atom stereocenters. The normalized spacial score (nSPS) is 17.1. The largest absolute Gasteiger partial charge is 0.480 e. The van der Waals surface area contributed by atoms with Gasteiger partial charge in [0.05, 0.1) is 6.10 Å². The summed E-state index contributed by atoms with van der Waals surface area (Å²) in [5, 5.41) is 13.5. The van der Waals surface area contributed by atoms with Gasteiger partial charge in [-0.05, 0) is 32.6 Å². The lowest BCUT2D eigenvalue weighted by Gasteiger charge is -2.29. The van der Waals surface area contributed by atoms with Gasteiger partial charge in [-0.25, -0.2) is 4.79 Å². The van der Waals surface area contributed by atoms with Gasteiger partial charge in [-0.3, -0.25) is 9.59 Å². The molecule has 0 bridgehead atoms. The SMILES string of the molecule is CC(C)OC(=O)NC(C(=O)NCC(=O)O)C1CCCCC1. The number of alkyl carbamates (subject to hydrolysis) is 1. The summed E-state index contributed by atoms with van der Waals surface area (Å²) in [6.07, 6.45) is 3.89. The Kier molecular flexibility index (Phi) is 6.98. The summed E-state index contributed by atoms with van der Waals surface area (Å²) in [5.41, 5.74) is 0. The van der Waals surface area contributed by atoms with Gasteiger partial charge in [-0.2, -0.15) is 0 Å². The molecule has 0 aromatic rings. The quantitative estimate of drug-likeness (QED) is 0.685. The maximum absolute atomic E-state index is 12.1. The van der Waals surface area contributed by atoms with E-state index in [1.807, 2.05) is 0 Å². The van der Waals surface area contributed by atoms with Gasteiger partial charge in [0.15, 0.2) is 0 Å². The van der Waals surface area contributed by atoms with Crippen LogP contribution in [0.1, 0.15) is 46.0 Å². The molecular weight excluding hydrogens is 276 g/mol. The van der Waals surface area contributed by atoms with Crippen molar-refractivity contribution in [1.82, 2.24) is 10.6 Å². The maximum Gasteiger partial charge on any atom is 0.408 e. The molecule has 1 aliphatic rings. The summed E-state index contributed by atoms with van der Waals surface area (Å²) in [6, 6.07) is -0.740. The first-order chi connectivity index (χ1) is 9.90. The predicted octanol–water partition coefficient (Wildman–Crippen LogP) is 1.27. The maximum atomic E-state index is 12.1. The second-order valence-electron chi connectivity index (χ2n) is 5.59. The number of aliphatic carboxylic acids is 1. The van der Waals surface area contributed by atoms with Crippen LogP contribution in [0.2, 0.25) is 0 Å². The van der Waals surface area contributed by atoms with Gasteiger partial charge in [-0.15, -0.1) is 0 Å². The average Bonchev–Trinajstić information content (AvgIpc) is 2.42. The van der Waals surface area contributed by atoms with E-state index in [-0.39, 0.29) is 12.0 Å². The van der Waals surface area contributed by atoms with Crippen LogP contribution in [0, 0.1) is 5.92 Å². The van der Waals surface area contributed by atoms with Crippen LogP contribution in [0.15, 0.2) is 0 Å². The van der Waals surface area contributed by atoms with Crippen LogP contribution in [0.5, 0.6) is 0 Å². The molecular formula is C14H24N2O5. The molecule has 0 aromatic carbocycles. The minimum Gasteiger partial charge on any atom is -0.480 e. The zero-order valence-electron chi connectivity index (χ0n) is 12.6. The number of carboxylic acid groups (broad SMARTS) is 1. The second-order valence-corrected chi connectivity index (χ2v) is 5.59. The van der Waals surface area contributed by atoms with E-state index in [2.05, 4.69) is 10.6 Å². The van der Waals surface area contributed by atoms with Gasteiger partial charge in [0, 0.05) is 0 Å². The molecule has 1 saturated carbocycles. The van der Waals surface area contributed by atoms with E-state index in [0.717, 1.165) is 32.1 Å². The van der Waals surface area contributed by atoms with Gasteiger partial charge < -0.3 is 20.5 Å². The third kappa shape index (κ3) is 6.46. The highest BCUT2D eigenvalue weighted by Crippen LogP contribution is 2.26. The lowest BCUT2D eigenvalue weighted by atomic mass is 9.83. The van der Waals surface area contributed by atoms with Crippen LogP contribution in [-0.4, -0.2) is 41.8 Å². The fraction of sp³-hybridized carbons (Fsp3) is 0.786. The third-order valence-corrected chi connectivity index (χ3v) is 3.43. The Morgan fingerprint density at radius 1 is 1.19 bits per heavy atom. The molecule has 1 atom stereocenters. The topological polar surface area (TPSA) is 105 Å². The van der Waals surface area contributed by atoms with Gasteiger partial charge in [0.2, 0.25) is 5.91 Å². The number of carbonyl (C=O) groups is 3. The first-order valence-corrected chi connectivity index (χ1v) is 7.36. The Labute approximate surface area is 124 Å². The van der Waals surface area contributed by atoms with Crippen LogP contribution < -0.4 is 10.6 Å². The third-order valence-electron chi connectivity index (χ3n) is 3.43. The van der Waals surface area contributed by atoms with Crippen LogP contribution in [-0.2, 0) is 14.3 Å². The number of hydrogen-bond acceptors (Lipinski definition) is 4. The molecule has 0 aromatic heterocycles. The Bertz CT molecular complexity index is 378. The molecule has 0 aliphatic heterocycles. The predicted molar refractivity (Wildman–Crippen MR) is 75.8 cm³/mol.